The molecule has 0 fully saturated rings. The van der Waals surface area contributed by atoms with Gasteiger partial charge in [-0.2, -0.15) is 0 Å². The van der Waals surface area contributed by atoms with Gasteiger partial charge in [-0.3, -0.25) is 4.57 Å². The van der Waals surface area contributed by atoms with Crippen LogP contribution in [0.4, 0.5) is 0 Å². The normalized spacial score (nSPS) is 10.6. The molecule has 0 amide bonds. The van der Waals surface area contributed by atoms with Crippen molar-refractivity contribution < 1.29 is 4.74 Å². The van der Waals surface area contributed by atoms with Gasteiger partial charge in [0.2, 0.25) is 0 Å². The van der Waals surface area contributed by atoms with E-state index in [1.807, 2.05) is 13.8 Å². The largest absolute Gasteiger partial charge is 0.358 e. The lowest BCUT2D eigenvalue weighted by Gasteiger charge is -2.08. The fourth-order valence-electron chi connectivity index (χ4n) is 0.715. The van der Waals surface area contributed by atoms with Crippen LogP contribution in [0.2, 0.25) is 0 Å². The molecule has 0 saturated heterocycles. The molecule has 0 atom stereocenters. The topological polar surface area (TPSA) is 44.1 Å². The smallest absolute Gasteiger partial charge is 0.349 e. The van der Waals surface area contributed by atoms with Crippen LogP contribution in [0.25, 0.3) is 0 Å². The number of hydrogen-bond donors (Lipinski definition) is 0. The lowest BCUT2D eigenvalue weighted by atomic mass is 10.5. The second-order valence-corrected chi connectivity index (χ2v) is 2.72. The van der Waals surface area contributed by atoms with Crippen molar-refractivity contribution in [1.82, 2.24) is 9.55 Å². The summed E-state index contributed by atoms with van der Waals surface area (Å²) in [5.74, 6) is 0. The van der Waals surface area contributed by atoms with Crippen LogP contribution in [0.3, 0.4) is 0 Å². The van der Waals surface area contributed by atoms with E-state index in [0.717, 1.165) is 0 Å². The molecule has 1 heterocycles. The third-order valence-electron chi connectivity index (χ3n) is 1.33. The summed E-state index contributed by atoms with van der Waals surface area (Å²) in [7, 11) is 0. The van der Waals surface area contributed by atoms with E-state index in [-0.39, 0.29) is 18.5 Å². The fraction of sp³-hybridized carbons (Fsp3) is 0.500. The molecule has 0 aromatic carbocycles. The molecule has 0 unspecified atom stereocenters. The van der Waals surface area contributed by atoms with Crippen LogP contribution in [0.5, 0.6) is 0 Å². The Morgan fingerprint density at radius 1 is 1.67 bits per heavy atom. The Bertz CT molecular complexity index is 293. The van der Waals surface area contributed by atoms with E-state index in [0.29, 0.717) is 0 Å². The molecule has 0 N–H and O–H groups in total. The summed E-state index contributed by atoms with van der Waals surface area (Å²) in [6.45, 7) is 4.10. The molecule has 1 aromatic rings. The number of aromatic nitrogens is 2. The van der Waals surface area contributed by atoms with Gasteiger partial charge in [0, 0.05) is 12.4 Å². The van der Waals surface area contributed by atoms with Gasteiger partial charge in [-0.15, -0.1) is 0 Å². The Morgan fingerprint density at radius 3 is 3.00 bits per heavy atom. The molecular weight excluding hydrogens is 156 g/mol. The maximum Gasteiger partial charge on any atom is 0.349 e. The SMILES string of the molecule is CC(C)OCn1cccnc1=O. The average molecular weight is 168 g/mol. The van der Waals surface area contributed by atoms with Crippen LogP contribution in [-0.4, -0.2) is 15.7 Å². The highest BCUT2D eigenvalue weighted by Crippen LogP contribution is 1.89. The quantitative estimate of drug-likeness (QED) is 0.664. The van der Waals surface area contributed by atoms with Crippen molar-refractivity contribution in [3.05, 3.63) is 28.9 Å². The van der Waals surface area contributed by atoms with Gasteiger partial charge < -0.3 is 4.74 Å². The summed E-state index contributed by atoms with van der Waals surface area (Å²) in [6.07, 6.45) is 3.24. The summed E-state index contributed by atoms with van der Waals surface area (Å²) in [6, 6.07) is 1.70. The van der Waals surface area contributed by atoms with E-state index < -0.39 is 0 Å². The molecular formula is C8H12N2O2. The molecule has 0 radical (unpaired) electrons. The summed E-state index contributed by atoms with van der Waals surface area (Å²) < 4.78 is 6.65. The second kappa shape index (κ2) is 4.01. The molecule has 4 heteroatoms. The number of nitrogens with zero attached hydrogens (tertiary/aromatic N) is 2. The van der Waals surface area contributed by atoms with Crippen molar-refractivity contribution in [3.8, 4) is 0 Å². The van der Waals surface area contributed by atoms with E-state index in [1.165, 1.54) is 10.8 Å². The predicted molar refractivity (Wildman–Crippen MR) is 44.7 cm³/mol. The molecule has 1 rings (SSSR count). The first-order valence-corrected chi connectivity index (χ1v) is 3.83. The zero-order valence-electron chi connectivity index (χ0n) is 7.23. The molecule has 0 aliphatic heterocycles. The average Bonchev–Trinajstić information content (AvgIpc) is 2.03. The molecule has 0 bridgehead atoms. The van der Waals surface area contributed by atoms with Crippen LogP contribution in [-0.2, 0) is 11.5 Å². The van der Waals surface area contributed by atoms with Crippen LogP contribution >= 0.6 is 0 Å². The van der Waals surface area contributed by atoms with Crippen molar-refractivity contribution in [2.75, 3.05) is 0 Å². The fourth-order valence-corrected chi connectivity index (χ4v) is 0.715. The van der Waals surface area contributed by atoms with Gasteiger partial charge in [0.05, 0.1) is 6.10 Å². The highest BCUT2D eigenvalue weighted by molar-refractivity contribution is 4.79. The predicted octanol–water partition coefficient (Wildman–Crippen LogP) is 0.626. The van der Waals surface area contributed by atoms with Crippen LogP contribution in [0.15, 0.2) is 23.3 Å². The molecule has 66 valence electrons. The van der Waals surface area contributed by atoms with Crippen LogP contribution in [0.1, 0.15) is 13.8 Å². The highest BCUT2D eigenvalue weighted by Gasteiger charge is 1.96. The number of ether oxygens (including phenoxy) is 1. The maximum absolute atomic E-state index is 11.0. The summed E-state index contributed by atoms with van der Waals surface area (Å²) in [5, 5.41) is 0. The van der Waals surface area contributed by atoms with E-state index in [2.05, 4.69) is 4.98 Å². The Kier molecular flexibility index (Phi) is 2.99. The van der Waals surface area contributed by atoms with Crippen molar-refractivity contribution in [1.29, 1.82) is 0 Å². The summed E-state index contributed by atoms with van der Waals surface area (Å²) in [5.41, 5.74) is -0.279. The third-order valence-corrected chi connectivity index (χ3v) is 1.33. The molecule has 1 aromatic heterocycles. The lowest BCUT2D eigenvalue weighted by molar-refractivity contribution is 0.0261. The second-order valence-electron chi connectivity index (χ2n) is 2.72. The molecule has 0 aliphatic carbocycles. The monoisotopic (exact) mass is 168 g/mol. The zero-order chi connectivity index (χ0) is 8.97. The minimum Gasteiger partial charge on any atom is -0.358 e. The standard InChI is InChI=1S/C8H12N2O2/c1-7(2)12-6-10-5-3-4-9-8(10)11/h3-5,7H,6H2,1-2H3. The molecule has 0 saturated carbocycles. The molecule has 0 spiro atoms. The van der Waals surface area contributed by atoms with E-state index in [4.69, 9.17) is 4.74 Å². The van der Waals surface area contributed by atoms with Crippen molar-refractivity contribution >= 4 is 0 Å². The van der Waals surface area contributed by atoms with Crippen molar-refractivity contribution in [2.24, 2.45) is 0 Å². The van der Waals surface area contributed by atoms with Gasteiger partial charge in [0.1, 0.15) is 6.73 Å². The van der Waals surface area contributed by atoms with E-state index in [1.54, 1.807) is 12.3 Å². The lowest BCUT2D eigenvalue weighted by Crippen LogP contribution is -2.23. The first kappa shape index (κ1) is 8.93. The van der Waals surface area contributed by atoms with Crippen molar-refractivity contribution in [3.63, 3.8) is 0 Å². The van der Waals surface area contributed by atoms with E-state index >= 15 is 0 Å². The molecule has 4 nitrogen and oxygen atoms in total. The summed E-state index contributed by atoms with van der Waals surface area (Å²) >= 11 is 0. The maximum atomic E-state index is 11.0. The van der Waals surface area contributed by atoms with Gasteiger partial charge in [0.25, 0.3) is 0 Å². The van der Waals surface area contributed by atoms with Crippen LogP contribution < -0.4 is 5.69 Å². The van der Waals surface area contributed by atoms with Crippen LogP contribution in [0, 0.1) is 0 Å². The molecule has 12 heavy (non-hydrogen) atoms. The molecule has 0 aliphatic rings. The van der Waals surface area contributed by atoms with Gasteiger partial charge in [-0.1, -0.05) is 0 Å². The number of rotatable bonds is 3. The van der Waals surface area contributed by atoms with Gasteiger partial charge in [0.15, 0.2) is 0 Å². The first-order valence-electron chi connectivity index (χ1n) is 3.83. The minimum absolute atomic E-state index is 0.122. The number of hydrogen-bond acceptors (Lipinski definition) is 3. The van der Waals surface area contributed by atoms with Gasteiger partial charge >= 0.3 is 5.69 Å². The Balaban J connectivity index is 2.64. The van der Waals surface area contributed by atoms with Crippen molar-refractivity contribution in [2.45, 2.75) is 26.7 Å². The van der Waals surface area contributed by atoms with Gasteiger partial charge in [-0.25, -0.2) is 9.78 Å². The Morgan fingerprint density at radius 2 is 2.42 bits per heavy atom. The summed E-state index contributed by atoms with van der Waals surface area (Å²) in [4.78, 5) is 14.6. The third kappa shape index (κ3) is 2.47. The zero-order valence-corrected chi connectivity index (χ0v) is 7.23. The minimum atomic E-state index is -0.279. The Labute approximate surface area is 70.8 Å². The van der Waals surface area contributed by atoms with E-state index in [9.17, 15) is 4.79 Å². The first-order chi connectivity index (χ1) is 5.70. The highest BCUT2D eigenvalue weighted by atomic mass is 16.5. The Hall–Kier alpha value is -1.16. The van der Waals surface area contributed by atoms with Gasteiger partial charge in [-0.05, 0) is 19.9 Å².